The van der Waals surface area contributed by atoms with Gasteiger partial charge in [-0.05, 0) is 104 Å². The summed E-state index contributed by atoms with van der Waals surface area (Å²) in [4.78, 5) is 30.1. The minimum absolute atomic E-state index is 0.0965. The predicted octanol–water partition coefficient (Wildman–Crippen LogP) is 5.76. The maximum absolute atomic E-state index is 13.5. The van der Waals surface area contributed by atoms with E-state index in [9.17, 15) is 19.1 Å². The van der Waals surface area contributed by atoms with Crippen LogP contribution in [0, 0.1) is 12.7 Å². The van der Waals surface area contributed by atoms with Crippen LogP contribution in [0.3, 0.4) is 0 Å². The predicted molar refractivity (Wildman–Crippen MR) is 148 cm³/mol. The minimum atomic E-state index is -0.656. The number of nitrogens with two attached hydrogens (primary N) is 1. The lowest BCUT2D eigenvalue weighted by atomic mass is 9.95. The fourth-order valence-corrected chi connectivity index (χ4v) is 5.13. The second kappa shape index (κ2) is 9.64. The van der Waals surface area contributed by atoms with E-state index in [1.165, 1.54) is 24.3 Å². The molecule has 0 saturated heterocycles. The Kier molecular flexibility index (Phi) is 6.10. The number of carbonyl (C=O) groups excluding carboxylic acids is 2. The van der Waals surface area contributed by atoms with Gasteiger partial charge in [0.05, 0.1) is 22.4 Å². The monoisotopic (exact) mass is 535 g/mol. The van der Waals surface area contributed by atoms with Gasteiger partial charge in [0.15, 0.2) is 0 Å². The van der Waals surface area contributed by atoms with Gasteiger partial charge in [0.25, 0.3) is 11.8 Å². The molecule has 1 fully saturated rings. The Balaban J connectivity index is 1.32. The summed E-state index contributed by atoms with van der Waals surface area (Å²) in [6, 6.07) is 20.0. The van der Waals surface area contributed by atoms with Crippen molar-refractivity contribution in [2.45, 2.75) is 31.7 Å². The van der Waals surface area contributed by atoms with Crippen molar-refractivity contribution in [3.8, 4) is 17.1 Å². The highest BCUT2D eigenvalue weighted by Crippen LogP contribution is 2.45. The second-order valence-corrected chi connectivity index (χ2v) is 10.2. The number of aromatic nitrogens is 1. The molecule has 4 N–H and O–H groups in total. The summed E-state index contributed by atoms with van der Waals surface area (Å²) in [6.07, 6.45) is 3.69. The fourth-order valence-electron chi connectivity index (χ4n) is 5.13. The number of hydrogen-bond acceptors (Lipinski definition) is 5. The Morgan fingerprint density at radius 3 is 2.52 bits per heavy atom. The van der Waals surface area contributed by atoms with Gasteiger partial charge in [-0.3, -0.25) is 14.6 Å². The number of nitrogens with one attached hydrogen (secondary N) is 1. The second-order valence-electron chi connectivity index (χ2n) is 10.2. The molecule has 0 spiro atoms. The van der Waals surface area contributed by atoms with Crippen molar-refractivity contribution in [3.05, 3.63) is 118 Å². The van der Waals surface area contributed by atoms with Crippen molar-refractivity contribution in [2.75, 3.05) is 0 Å². The van der Waals surface area contributed by atoms with Gasteiger partial charge in [-0.25, -0.2) is 4.39 Å². The van der Waals surface area contributed by atoms with Crippen LogP contribution in [0.4, 0.5) is 4.39 Å². The normalized spacial score (nSPS) is 13.8. The first-order valence-corrected chi connectivity index (χ1v) is 12.9. The van der Waals surface area contributed by atoms with Crippen LogP contribution in [0.5, 0.6) is 5.75 Å². The van der Waals surface area contributed by atoms with Crippen LogP contribution < -0.4 is 11.1 Å². The van der Waals surface area contributed by atoms with Crippen molar-refractivity contribution in [3.63, 3.8) is 0 Å². The van der Waals surface area contributed by atoms with Crippen molar-refractivity contribution >= 4 is 22.8 Å². The molecule has 6 rings (SSSR count). The third kappa shape index (κ3) is 4.58. The fraction of sp³-hybridized carbons (Fsp3) is 0.156. The molecule has 0 aliphatic heterocycles. The number of pyridine rings is 1. The number of hydrogen-bond donors (Lipinski definition) is 3. The van der Waals surface area contributed by atoms with E-state index in [-0.39, 0.29) is 28.5 Å². The van der Waals surface area contributed by atoms with E-state index in [1.54, 1.807) is 24.4 Å². The van der Waals surface area contributed by atoms with Crippen molar-refractivity contribution in [2.24, 2.45) is 5.73 Å². The largest absolute Gasteiger partial charge is 0.507 e. The van der Waals surface area contributed by atoms with Crippen molar-refractivity contribution in [1.82, 2.24) is 10.3 Å². The molecule has 40 heavy (non-hydrogen) atoms. The number of nitrogens with zero attached hydrogens (tertiary/aromatic N) is 1. The van der Waals surface area contributed by atoms with Gasteiger partial charge in [-0.15, -0.1) is 0 Å². The Morgan fingerprint density at radius 1 is 1.07 bits per heavy atom. The molecule has 1 aliphatic rings. The molecule has 8 heteroatoms. The molecule has 5 aromatic rings. The first-order chi connectivity index (χ1) is 19.2. The van der Waals surface area contributed by atoms with Gasteiger partial charge in [0, 0.05) is 17.1 Å². The zero-order valence-electron chi connectivity index (χ0n) is 21.7. The van der Waals surface area contributed by atoms with E-state index >= 15 is 0 Å². The zero-order valence-corrected chi connectivity index (χ0v) is 21.7. The van der Waals surface area contributed by atoms with Gasteiger partial charge in [0.1, 0.15) is 22.9 Å². The SMILES string of the molecule is Cc1cc(O)c(C(=O)NC2(c3ccccn3)CC2)cc1Cc1ccc2oc(-c3ccc(F)cc3)c(C(N)=O)c2c1. The van der Waals surface area contributed by atoms with Crippen LogP contribution in [-0.2, 0) is 12.0 Å². The number of phenolic OH excluding ortho intramolecular Hbond substituents is 1. The molecule has 2 aromatic heterocycles. The van der Waals surface area contributed by atoms with E-state index in [0.717, 1.165) is 35.2 Å². The molecule has 0 atom stereocenters. The van der Waals surface area contributed by atoms with E-state index in [4.69, 9.17) is 10.2 Å². The number of rotatable bonds is 7. The van der Waals surface area contributed by atoms with E-state index in [1.807, 2.05) is 37.3 Å². The quantitative estimate of drug-likeness (QED) is 0.245. The minimum Gasteiger partial charge on any atom is -0.507 e. The standard InChI is InChI=1S/C32H26FN3O4/c1-18-14-25(37)23(31(39)36-32(11-12-32)27-4-2-3-13-35-27)17-21(18)15-19-5-10-26-24(16-19)28(30(34)38)29(40-26)20-6-8-22(33)9-7-20/h2-10,13-14,16-17,37H,11-12,15H2,1H3,(H2,34,38)(H,36,39). The van der Waals surface area contributed by atoms with E-state index in [2.05, 4.69) is 10.3 Å². The molecule has 0 radical (unpaired) electrons. The number of fused-ring (bicyclic) bond motifs is 1. The molecule has 1 saturated carbocycles. The number of aryl methyl sites for hydroxylation is 1. The highest BCUT2D eigenvalue weighted by molar-refractivity contribution is 6.10. The first kappa shape index (κ1) is 25.3. The van der Waals surface area contributed by atoms with Crippen LogP contribution >= 0.6 is 0 Å². The van der Waals surface area contributed by atoms with Crippen molar-refractivity contribution in [1.29, 1.82) is 0 Å². The summed E-state index contributed by atoms with van der Waals surface area (Å²) in [5.41, 5.74) is 9.94. The van der Waals surface area contributed by atoms with Crippen LogP contribution in [0.15, 0.2) is 83.4 Å². The van der Waals surface area contributed by atoms with E-state index < -0.39 is 17.3 Å². The molecule has 1 aliphatic carbocycles. The van der Waals surface area contributed by atoms with Crippen LogP contribution in [0.25, 0.3) is 22.3 Å². The zero-order chi connectivity index (χ0) is 28.0. The molecular weight excluding hydrogens is 509 g/mol. The van der Waals surface area contributed by atoms with Crippen LogP contribution in [0.2, 0.25) is 0 Å². The molecular formula is C32H26FN3O4. The number of carbonyl (C=O) groups is 2. The Morgan fingerprint density at radius 2 is 1.85 bits per heavy atom. The summed E-state index contributed by atoms with van der Waals surface area (Å²) < 4.78 is 19.4. The summed E-state index contributed by atoms with van der Waals surface area (Å²) >= 11 is 0. The van der Waals surface area contributed by atoms with Gasteiger partial charge in [-0.2, -0.15) is 0 Å². The lowest BCUT2D eigenvalue weighted by Crippen LogP contribution is -2.35. The molecule has 0 bridgehead atoms. The number of primary amides is 1. The average molecular weight is 536 g/mol. The average Bonchev–Trinajstić information content (AvgIpc) is 3.62. The van der Waals surface area contributed by atoms with E-state index in [0.29, 0.717) is 23.0 Å². The first-order valence-electron chi connectivity index (χ1n) is 12.9. The number of aromatic hydroxyl groups is 1. The molecule has 2 amide bonds. The highest BCUT2D eigenvalue weighted by atomic mass is 19.1. The molecule has 0 unspecified atom stereocenters. The lowest BCUT2D eigenvalue weighted by Gasteiger charge is -2.18. The Bertz CT molecular complexity index is 1770. The number of phenols is 1. The Labute approximate surface area is 229 Å². The van der Waals surface area contributed by atoms with Crippen LogP contribution in [-0.4, -0.2) is 21.9 Å². The molecule has 3 aromatic carbocycles. The number of halogens is 1. The van der Waals surface area contributed by atoms with Gasteiger partial charge in [0.2, 0.25) is 0 Å². The topological polar surface area (TPSA) is 118 Å². The van der Waals surface area contributed by atoms with Crippen LogP contribution in [0.1, 0.15) is 55.9 Å². The lowest BCUT2D eigenvalue weighted by molar-refractivity contribution is 0.0926. The maximum Gasteiger partial charge on any atom is 0.255 e. The molecule has 7 nitrogen and oxygen atoms in total. The molecule has 2 heterocycles. The number of furan rings is 1. The third-order valence-electron chi connectivity index (χ3n) is 7.46. The van der Waals surface area contributed by atoms with Gasteiger partial charge < -0.3 is 20.6 Å². The van der Waals surface area contributed by atoms with Gasteiger partial charge in [-0.1, -0.05) is 12.1 Å². The smallest absolute Gasteiger partial charge is 0.255 e. The highest BCUT2D eigenvalue weighted by Gasteiger charge is 2.47. The third-order valence-corrected chi connectivity index (χ3v) is 7.46. The number of amides is 2. The summed E-state index contributed by atoms with van der Waals surface area (Å²) in [5, 5.41) is 14.3. The molecule has 200 valence electrons. The maximum atomic E-state index is 13.5. The van der Waals surface area contributed by atoms with Gasteiger partial charge >= 0.3 is 0 Å². The Hall–Kier alpha value is -4.98. The summed E-state index contributed by atoms with van der Waals surface area (Å²) in [7, 11) is 0. The summed E-state index contributed by atoms with van der Waals surface area (Å²) in [6.45, 7) is 1.87. The number of benzene rings is 3. The van der Waals surface area contributed by atoms with Crippen molar-refractivity contribution < 1.29 is 23.5 Å². The summed E-state index contributed by atoms with van der Waals surface area (Å²) in [5.74, 6) is -1.24.